The molecule has 0 radical (unpaired) electrons. The van der Waals surface area contributed by atoms with E-state index in [0.717, 1.165) is 12.4 Å². The van der Waals surface area contributed by atoms with Gasteiger partial charge >= 0.3 is 6.18 Å². The molecule has 1 N–H and O–H groups in total. The number of anilines is 2. The molecule has 1 fully saturated rings. The summed E-state index contributed by atoms with van der Waals surface area (Å²) in [5.41, 5.74) is -2.48. The first-order valence-corrected chi connectivity index (χ1v) is 13.2. The lowest BCUT2D eigenvalue weighted by Gasteiger charge is -2.48. The first-order chi connectivity index (χ1) is 19.5. The lowest BCUT2D eigenvalue weighted by atomic mass is 9.76. The van der Waals surface area contributed by atoms with Crippen LogP contribution in [0.4, 0.5) is 28.9 Å². The van der Waals surface area contributed by atoms with E-state index in [1.165, 1.54) is 42.1 Å². The highest BCUT2D eigenvalue weighted by Gasteiger charge is 2.46. The molecule has 4 rings (SSSR count). The van der Waals surface area contributed by atoms with Crippen LogP contribution in [0.5, 0.6) is 5.88 Å². The van der Waals surface area contributed by atoms with Gasteiger partial charge in [-0.2, -0.15) is 18.2 Å². The molecule has 0 atom stereocenters. The quantitative estimate of drug-likeness (QED) is 0.172. The van der Waals surface area contributed by atoms with E-state index in [-0.39, 0.29) is 46.5 Å². The van der Waals surface area contributed by atoms with E-state index in [9.17, 15) is 23.1 Å². The van der Waals surface area contributed by atoms with Gasteiger partial charge in [-0.1, -0.05) is 12.8 Å². The van der Waals surface area contributed by atoms with Crippen LogP contribution < -0.4 is 14.5 Å². The van der Waals surface area contributed by atoms with E-state index in [4.69, 9.17) is 17.0 Å². The highest BCUT2D eigenvalue weighted by Crippen LogP contribution is 2.42. The molecule has 0 spiro atoms. The SMILES string of the molecule is CC#Cc1ncc(N(C)C(=S)N(c2cc(F)c3nc(CC)nc(OCCO)c3c2)C2(C=O)CCC2)cc1C(F)(F)F. The van der Waals surface area contributed by atoms with Crippen LogP contribution in [-0.2, 0) is 17.4 Å². The monoisotopic (exact) mass is 589 g/mol. The van der Waals surface area contributed by atoms with Gasteiger partial charge in [0.25, 0.3) is 0 Å². The second kappa shape index (κ2) is 11.9. The molecule has 0 unspecified atom stereocenters. The van der Waals surface area contributed by atoms with Crippen LogP contribution in [0.2, 0.25) is 0 Å². The maximum atomic E-state index is 15.6. The zero-order valence-electron chi connectivity index (χ0n) is 22.5. The third-order valence-corrected chi connectivity index (χ3v) is 7.28. The Morgan fingerprint density at radius 1 is 1.24 bits per heavy atom. The predicted octanol–water partition coefficient (Wildman–Crippen LogP) is 4.84. The summed E-state index contributed by atoms with van der Waals surface area (Å²) < 4.78 is 62.7. The summed E-state index contributed by atoms with van der Waals surface area (Å²) in [4.78, 5) is 27.7. The number of aromatic nitrogens is 3. The molecule has 1 aliphatic carbocycles. The molecule has 2 heterocycles. The number of ether oxygens (including phenoxy) is 1. The molecular formula is C28H27F4N5O3S. The lowest BCUT2D eigenvalue weighted by molar-refractivity contribution is -0.138. The predicted molar refractivity (Wildman–Crippen MR) is 149 cm³/mol. The van der Waals surface area contributed by atoms with Crippen molar-refractivity contribution in [3.8, 4) is 17.7 Å². The van der Waals surface area contributed by atoms with Gasteiger partial charge in [-0.15, -0.1) is 0 Å². The van der Waals surface area contributed by atoms with Crippen molar-refractivity contribution in [3.63, 3.8) is 0 Å². The zero-order valence-corrected chi connectivity index (χ0v) is 23.4. The Kier molecular flexibility index (Phi) is 8.74. The van der Waals surface area contributed by atoms with E-state index in [0.29, 0.717) is 31.5 Å². The number of aryl methyl sites for hydroxylation is 1. The average Bonchev–Trinajstić information content (AvgIpc) is 2.92. The number of nitrogens with zero attached hydrogens (tertiary/aromatic N) is 5. The summed E-state index contributed by atoms with van der Waals surface area (Å²) in [5.74, 6) is 4.42. The number of carbonyl (C=O) groups excluding carboxylic acids is 1. The van der Waals surface area contributed by atoms with Gasteiger partial charge in [-0.3, -0.25) is 0 Å². The van der Waals surface area contributed by atoms with Gasteiger partial charge < -0.3 is 24.4 Å². The molecule has 1 aliphatic rings. The number of halogens is 4. The van der Waals surface area contributed by atoms with E-state index >= 15 is 4.39 Å². The van der Waals surface area contributed by atoms with Gasteiger partial charge in [0.2, 0.25) is 5.88 Å². The summed E-state index contributed by atoms with van der Waals surface area (Å²) in [6.07, 6.45) is -0.936. The number of benzene rings is 1. The number of fused-ring (bicyclic) bond motifs is 1. The third kappa shape index (κ3) is 5.80. The average molecular weight is 590 g/mol. The Hall–Kier alpha value is -3.89. The Bertz CT molecular complexity index is 1550. The summed E-state index contributed by atoms with van der Waals surface area (Å²) in [7, 11) is 1.44. The highest BCUT2D eigenvalue weighted by atomic mass is 32.1. The molecule has 0 amide bonds. The summed E-state index contributed by atoms with van der Waals surface area (Å²) in [6, 6.07) is 3.58. The molecule has 2 aromatic heterocycles. The second-order valence-electron chi connectivity index (χ2n) is 9.41. The van der Waals surface area contributed by atoms with E-state index in [2.05, 4.69) is 26.8 Å². The number of aliphatic hydroxyl groups is 1. The largest absolute Gasteiger partial charge is 0.475 e. The van der Waals surface area contributed by atoms with Crippen LogP contribution >= 0.6 is 12.2 Å². The van der Waals surface area contributed by atoms with Crippen LogP contribution in [0, 0.1) is 17.7 Å². The first kappa shape index (κ1) is 30.1. The fourth-order valence-electron chi connectivity index (χ4n) is 4.56. The fraction of sp³-hybridized carbons (Fsp3) is 0.393. The number of pyridine rings is 1. The van der Waals surface area contributed by atoms with Crippen LogP contribution in [0.3, 0.4) is 0 Å². The normalized spacial score (nSPS) is 14.0. The topological polar surface area (TPSA) is 91.7 Å². The first-order valence-electron chi connectivity index (χ1n) is 12.8. The third-order valence-electron chi connectivity index (χ3n) is 6.83. The molecule has 1 aromatic carbocycles. The number of alkyl halides is 3. The number of carbonyl (C=O) groups is 1. The smallest absolute Gasteiger partial charge is 0.419 e. The summed E-state index contributed by atoms with van der Waals surface area (Å²) in [5, 5.41) is 9.40. The number of rotatable bonds is 8. The fourth-order valence-corrected chi connectivity index (χ4v) is 4.95. The Morgan fingerprint density at radius 3 is 2.54 bits per heavy atom. The number of thiocarbonyl (C=S) groups is 1. The van der Waals surface area contributed by atoms with E-state index in [1.807, 2.05) is 0 Å². The van der Waals surface area contributed by atoms with Crippen molar-refractivity contribution in [2.45, 2.75) is 51.2 Å². The lowest BCUT2D eigenvalue weighted by Crippen LogP contribution is -2.60. The Morgan fingerprint density at radius 2 is 1.98 bits per heavy atom. The van der Waals surface area contributed by atoms with Gasteiger partial charge in [0, 0.05) is 19.2 Å². The Labute approximate surface area is 239 Å². The molecule has 41 heavy (non-hydrogen) atoms. The van der Waals surface area contributed by atoms with Crippen molar-refractivity contribution < 1.29 is 32.2 Å². The summed E-state index contributed by atoms with van der Waals surface area (Å²) in [6.45, 7) is 2.80. The molecule has 0 aliphatic heterocycles. The van der Waals surface area contributed by atoms with Crippen molar-refractivity contribution in [2.75, 3.05) is 30.1 Å². The second-order valence-corrected chi connectivity index (χ2v) is 9.77. The molecule has 1 saturated carbocycles. The zero-order chi connectivity index (χ0) is 29.9. The van der Waals surface area contributed by atoms with E-state index < -0.39 is 28.8 Å². The standard InChI is InChI=1S/C28H27F4N5O3S/c1-4-7-22-20(28(30,31)32)13-18(15-33-22)36(3)26(41)37(27(16-39)8-6-9-27)17-12-19-24(21(29)14-17)34-23(5-2)35-25(19)40-11-10-38/h12-16,38H,5-6,8-11H2,1-3H3. The van der Waals surface area contributed by atoms with Crippen molar-refractivity contribution >= 4 is 45.9 Å². The minimum atomic E-state index is -4.73. The minimum absolute atomic E-state index is 0.00139. The molecule has 13 heteroatoms. The van der Waals surface area contributed by atoms with Crippen molar-refractivity contribution in [1.82, 2.24) is 15.0 Å². The van der Waals surface area contributed by atoms with Crippen molar-refractivity contribution in [2.24, 2.45) is 0 Å². The Balaban J connectivity index is 1.87. The van der Waals surface area contributed by atoms with Gasteiger partial charge in [-0.25, -0.2) is 14.4 Å². The molecule has 8 nitrogen and oxygen atoms in total. The molecular weight excluding hydrogens is 562 g/mol. The summed E-state index contributed by atoms with van der Waals surface area (Å²) >= 11 is 5.74. The number of aliphatic hydroxyl groups excluding tert-OH is 1. The van der Waals surface area contributed by atoms with Crippen LogP contribution in [0.15, 0.2) is 24.4 Å². The number of hydrogen-bond donors (Lipinski definition) is 1. The number of hydrogen-bond acceptors (Lipinski definition) is 7. The van der Waals surface area contributed by atoms with Gasteiger partial charge in [0.1, 0.15) is 35.5 Å². The van der Waals surface area contributed by atoms with Crippen molar-refractivity contribution in [1.29, 1.82) is 0 Å². The highest BCUT2D eigenvalue weighted by molar-refractivity contribution is 7.80. The van der Waals surface area contributed by atoms with Gasteiger partial charge in [0.05, 0.1) is 29.4 Å². The molecule has 3 aromatic rings. The molecule has 0 bridgehead atoms. The van der Waals surface area contributed by atoms with Gasteiger partial charge in [-0.05, 0) is 62.5 Å². The van der Waals surface area contributed by atoms with Crippen LogP contribution in [0.25, 0.3) is 10.9 Å². The molecule has 0 saturated heterocycles. The van der Waals surface area contributed by atoms with Crippen molar-refractivity contribution in [3.05, 3.63) is 47.3 Å². The van der Waals surface area contributed by atoms with Crippen LogP contribution in [-0.4, -0.2) is 57.3 Å². The van der Waals surface area contributed by atoms with E-state index in [1.54, 1.807) is 6.92 Å². The maximum absolute atomic E-state index is 15.6. The van der Waals surface area contributed by atoms with Crippen LogP contribution in [0.1, 0.15) is 50.2 Å². The molecule has 216 valence electrons. The minimum Gasteiger partial charge on any atom is -0.475 e. The van der Waals surface area contributed by atoms with Gasteiger partial charge in [0.15, 0.2) is 10.9 Å². The maximum Gasteiger partial charge on any atom is 0.419 e. The number of aldehydes is 1.